The summed E-state index contributed by atoms with van der Waals surface area (Å²) in [6.45, 7) is 4.37. The molecule has 0 unspecified atom stereocenters. The Morgan fingerprint density at radius 1 is 1.33 bits per heavy atom. The molecule has 3 heteroatoms. The van der Waals surface area contributed by atoms with Crippen molar-refractivity contribution < 1.29 is 4.39 Å². The molecule has 0 radical (unpaired) electrons. The van der Waals surface area contributed by atoms with Gasteiger partial charge in [-0.1, -0.05) is 19.1 Å². The van der Waals surface area contributed by atoms with Crippen LogP contribution in [-0.2, 0) is 13.0 Å². The molecular weight excluding hydrogens is 263 g/mol. The Kier molecular flexibility index (Phi) is 2.96. The molecule has 1 aromatic carbocycles. The maximum Gasteiger partial charge on any atom is 0.126 e. The Balaban J connectivity index is 1.51. The van der Waals surface area contributed by atoms with Gasteiger partial charge >= 0.3 is 0 Å². The Morgan fingerprint density at radius 3 is 2.76 bits per heavy atom. The second kappa shape index (κ2) is 4.53. The molecule has 1 N–H and O–H groups in total. The van der Waals surface area contributed by atoms with Crippen molar-refractivity contribution >= 4 is 0 Å². The Hall–Kier alpha value is -0.930. The predicted octanol–water partition coefficient (Wildman–Crippen LogP) is 3.10. The van der Waals surface area contributed by atoms with Gasteiger partial charge in [0.1, 0.15) is 5.82 Å². The predicted molar refractivity (Wildman–Crippen MR) is 82.7 cm³/mol. The number of rotatable bonds is 4. The van der Waals surface area contributed by atoms with Crippen molar-refractivity contribution in [3.63, 3.8) is 0 Å². The van der Waals surface area contributed by atoms with Crippen LogP contribution in [0.15, 0.2) is 18.2 Å². The highest BCUT2D eigenvalue weighted by Gasteiger charge is 2.67. The first-order valence-corrected chi connectivity index (χ1v) is 8.28. The zero-order valence-electron chi connectivity index (χ0n) is 13.1. The van der Waals surface area contributed by atoms with Crippen LogP contribution >= 0.6 is 0 Å². The van der Waals surface area contributed by atoms with Crippen LogP contribution in [0.5, 0.6) is 0 Å². The molecule has 21 heavy (non-hydrogen) atoms. The van der Waals surface area contributed by atoms with E-state index in [1.807, 2.05) is 6.07 Å². The van der Waals surface area contributed by atoms with Gasteiger partial charge in [0.05, 0.1) is 0 Å². The molecule has 2 bridgehead atoms. The quantitative estimate of drug-likeness (QED) is 0.916. The molecule has 3 fully saturated rings. The minimum atomic E-state index is -0.00903. The monoisotopic (exact) mass is 288 g/mol. The van der Waals surface area contributed by atoms with Gasteiger partial charge < -0.3 is 5.32 Å². The minimum absolute atomic E-state index is 0.00903. The van der Waals surface area contributed by atoms with E-state index in [2.05, 4.69) is 30.3 Å². The second-order valence-electron chi connectivity index (χ2n) is 7.61. The van der Waals surface area contributed by atoms with E-state index in [9.17, 15) is 4.39 Å². The number of hydrogen-bond acceptors (Lipinski definition) is 2. The van der Waals surface area contributed by atoms with Crippen molar-refractivity contribution in [2.45, 2.75) is 57.2 Å². The molecule has 0 aromatic heterocycles. The zero-order chi connectivity index (χ0) is 14.7. The number of hydrogen-bond donors (Lipinski definition) is 1. The fourth-order valence-electron chi connectivity index (χ4n) is 5.14. The summed E-state index contributed by atoms with van der Waals surface area (Å²) in [6, 6.07) is 6.08. The molecule has 4 aliphatic rings. The van der Waals surface area contributed by atoms with Crippen LogP contribution in [0.25, 0.3) is 0 Å². The molecular formula is C18H25FN2. The topological polar surface area (TPSA) is 15.3 Å². The summed E-state index contributed by atoms with van der Waals surface area (Å²) in [6.07, 6.45) is 5.99. The summed E-state index contributed by atoms with van der Waals surface area (Å²) < 4.78 is 14.0. The van der Waals surface area contributed by atoms with Gasteiger partial charge in [-0.3, -0.25) is 4.90 Å². The molecule has 0 spiro atoms. The number of halogens is 1. The van der Waals surface area contributed by atoms with Crippen molar-refractivity contribution in [3.05, 3.63) is 35.1 Å². The molecule has 114 valence electrons. The maximum absolute atomic E-state index is 14.0. The van der Waals surface area contributed by atoms with E-state index in [1.54, 1.807) is 6.07 Å². The molecule has 2 nitrogen and oxygen atoms in total. The first-order valence-electron chi connectivity index (χ1n) is 8.28. The second-order valence-corrected chi connectivity index (χ2v) is 7.61. The molecule has 1 aliphatic heterocycles. The van der Waals surface area contributed by atoms with Crippen LogP contribution < -0.4 is 5.32 Å². The third kappa shape index (κ3) is 1.97. The first kappa shape index (κ1) is 13.7. The summed E-state index contributed by atoms with van der Waals surface area (Å²) in [4.78, 5) is 2.63. The molecule has 3 saturated carbocycles. The standard InChI is InChI=1S/C18H25FN2/c1-3-14-7-15-13(5-4-6-16(15)19)8-21(14)12-17-9-18(10-17,11-17)20-2/h4-6,14,20H,3,7-12H2,1-2H3/t14-,17?,18?/m1/s1. The van der Waals surface area contributed by atoms with Crippen molar-refractivity contribution in [2.24, 2.45) is 5.41 Å². The third-order valence-electron chi connectivity index (χ3n) is 6.23. The van der Waals surface area contributed by atoms with Crippen molar-refractivity contribution in [1.29, 1.82) is 0 Å². The van der Waals surface area contributed by atoms with E-state index in [4.69, 9.17) is 0 Å². The molecule has 1 atom stereocenters. The van der Waals surface area contributed by atoms with Crippen molar-refractivity contribution in [2.75, 3.05) is 13.6 Å². The molecule has 1 aromatic rings. The average Bonchev–Trinajstić information content (AvgIpc) is 2.40. The van der Waals surface area contributed by atoms with Crippen LogP contribution in [0, 0.1) is 11.2 Å². The summed E-state index contributed by atoms with van der Waals surface area (Å²) >= 11 is 0. The highest BCUT2D eigenvalue weighted by molar-refractivity contribution is 5.32. The summed E-state index contributed by atoms with van der Waals surface area (Å²) in [5, 5.41) is 3.49. The van der Waals surface area contributed by atoms with Crippen LogP contribution in [0.3, 0.4) is 0 Å². The van der Waals surface area contributed by atoms with E-state index in [0.29, 0.717) is 17.0 Å². The van der Waals surface area contributed by atoms with Gasteiger partial charge in [-0.25, -0.2) is 4.39 Å². The first-order chi connectivity index (χ1) is 10.1. The number of nitrogens with zero attached hydrogens (tertiary/aromatic N) is 1. The highest BCUT2D eigenvalue weighted by Crippen LogP contribution is 2.67. The molecule has 0 saturated heterocycles. The van der Waals surface area contributed by atoms with Gasteiger partial charge in [0.2, 0.25) is 0 Å². The fourth-order valence-corrected chi connectivity index (χ4v) is 5.14. The van der Waals surface area contributed by atoms with Crippen LogP contribution in [-0.4, -0.2) is 30.1 Å². The van der Waals surface area contributed by atoms with Gasteiger partial charge in [0.15, 0.2) is 0 Å². The smallest absolute Gasteiger partial charge is 0.126 e. The lowest BCUT2D eigenvalue weighted by Crippen LogP contribution is -2.75. The van der Waals surface area contributed by atoms with Crippen molar-refractivity contribution in [3.8, 4) is 0 Å². The van der Waals surface area contributed by atoms with Crippen LogP contribution in [0.2, 0.25) is 0 Å². The van der Waals surface area contributed by atoms with Gasteiger partial charge in [0.25, 0.3) is 0 Å². The lowest BCUT2D eigenvalue weighted by Gasteiger charge is -2.72. The fraction of sp³-hybridized carbons (Fsp3) is 0.667. The Morgan fingerprint density at radius 2 is 2.10 bits per heavy atom. The largest absolute Gasteiger partial charge is 0.314 e. The van der Waals surface area contributed by atoms with Gasteiger partial charge in [0, 0.05) is 24.7 Å². The Labute approximate surface area is 126 Å². The van der Waals surface area contributed by atoms with Gasteiger partial charge in [-0.2, -0.15) is 0 Å². The lowest BCUT2D eigenvalue weighted by atomic mass is 9.39. The summed E-state index contributed by atoms with van der Waals surface area (Å²) in [5.74, 6) is -0.00903. The van der Waals surface area contributed by atoms with E-state index < -0.39 is 0 Å². The van der Waals surface area contributed by atoms with Gasteiger partial charge in [-0.15, -0.1) is 0 Å². The van der Waals surface area contributed by atoms with Crippen LogP contribution in [0.1, 0.15) is 43.7 Å². The molecule has 5 rings (SSSR count). The highest BCUT2D eigenvalue weighted by atomic mass is 19.1. The molecule has 3 aliphatic carbocycles. The van der Waals surface area contributed by atoms with E-state index in [0.717, 1.165) is 24.9 Å². The summed E-state index contributed by atoms with van der Waals surface area (Å²) in [5.41, 5.74) is 3.20. The Bertz CT molecular complexity index is 549. The van der Waals surface area contributed by atoms with Crippen LogP contribution in [0.4, 0.5) is 4.39 Å². The van der Waals surface area contributed by atoms with E-state index >= 15 is 0 Å². The van der Waals surface area contributed by atoms with Crippen molar-refractivity contribution in [1.82, 2.24) is 10.2 Å². The number of fused-ring (bicyclic) bond motifs is 1. The minimum Gasteiger partial charge on any atom is -0.314 e. The SMILES string of the molecule is CC[C@@H]1Cc2c(F)cccc2CN1CC12CC(NC)(C1)C2. The third-order valence-corrected chi connectivity index (χ3v) is 6.23. The maximum atomic E-state index is 14.0. The number of nitrogens with one attached hydrogen (secondary N) is 1. The lowest BCUT2D eigenvalue weighted by molar-refractivity contribution is -0.169. The molecule has 1 heterocycles. The summed E-state index contributed by atoms with van der Waals surface area (Å²) in [7, 11) is 2.10. The molecule has 0 amide bonds. The van der Waals surface area contributed by atoms with Gasteiger partial charge in [-0.05, 0) is 61.8 Å². The van der Waals surface area contributed by atoms with E-state index in [-0.39, 0.29) is 5.82 Å². The average molecular weight is 288 g/mol. The number of benzene rings is 1. The zero-order valence-corrected chi connectivity index (χ0v) is 13.1. The van der Waals surface area contributed by atoms with E-state index in [1.165, 1.54) is 31.4 Å². The normalized spacial score (nSPS) is 37.6.